The lowest BCUT2D eigenvalue weighted by atomic mass is 10.1. The Morgan fingerprint density at radius 2 is 1.95 bits per heavy atom. The van der Waals surface area contributed by atoms with Crippen LogP contribution in [0.5, 0.6) is 5.75 Å². The summed E-state index contributed by atoms with van der Waals surface area (Å²) in [6.07, 6.45) is 0. The summed E-state index contributed by atoms with van der Waals surface area (Å²) in [6.45, 7) is 2.32. The fourth-order valence-corrected chi connectivity index (χ4v) is 1.82. The Labute approximate surface area is 113 Å². The molecule has 0 aromatic heterocycles. The molecule has 0 saturated heterocycles. The van der Waals surface area contributed by atoms with E-state index >= 15 is 0 Å². The minimum Gasteiger partial charge on any atom is -0.489 e. The molecular formula is C16H18FNO. The lowest BCUT2D eigenvalue weighted by Crippen LogP contribution is -2.12. The van der Waals surface area contributed by atoms with E-state index in [1.165, 1.54) is 6.07 Å². The van der Waals surface area contributed by atoms with Crippen molar-refractivity contribution in [2.24, 2.45) is 0 Å². The molecule has 0 fully saturated rings. The Morgan fingerprint density at radius 3 is 2.68 bits per heavy atom. The molecule has 1 N–H and O–H groups in total. The van der Waals surface area contributed by atoms with E-state index in [9.17, 15) is 4.39 Å². The van der Waals surface area contributed by atoms with Crippen molar-refractivity contribution in [1.29, 1.82) is 0 Å². The van der Waals surface area contributed by atoms with Crippen LogP contribution in [0.1, 0.15) is 24.1 Å². The molecule has 19 heavy (non-hydrogen) atoms. The Morgan fingerprint density at radius 1 is 1.16 bits per heavy atom. The van der Waals surface area contributed by atoms with Crippen LogP contribution in [0.15, 0.2) is 48.5 Å². The van der Waals surface area contributed by atoms with E-state index in [1.807, 2.05) is 31.3 Å². The van der Waals surface area contributed by atoms with Gasteiger partial charge in [0, 0.05) is 11.6 Å². The van der Waals surface area contributed by atoms with Gasteiger partial charge in [0.05, 0.1) is 0 Å². The number of ether oxygens (including phenoxy) is 1. The third-order valence-electron chi connectivity index (χ3n) is 3.14. The summed E-state index contributed by atoms with van der Waals surface area (Å²) >= 11 is 0. The summed E-state index contributed by atoms with van der Waals surface area (Å²) in [4.78, 5) is 0. The zero-order chi connectivity index (χ0) is 13.7. The van der Waals surface area contributed by atoms with E-state index in [-0.39, 0.29) is 18.5 Å². The van der Waals surface area contributed by atoms with Crippen molar-refractivity contribution in [1.82, 2.24) is 5.32 Å². The highest BCUT2D eigenvalue weighted by Crippen LogP contribution is 2.20. The monoisotopic (exact) mass is 259 g/mol. The predicted octanol–water partition coefficient (Wildman–Crippen LogP) is 3.69. The summed E-state index contributed by atoms with van der Waals surface area (Å²) in [5.74, 6) is 0.519. The first kappa shape index (κ1) is 13.6. The molecule has 0 spiro atoms. The van der Waals surface area contributed by atoms with Gasteiger partial charge in [0.25, 0.3) is 0 Å². The lowest BCUT2D eigenvalue weighted by Gasteiger charge is -2.13. The van der Waals surface area contributed by atoms with Gasteiger partial charge in [-0.3, -0.25) is 0 Å². The van der Waals surface area contributed by atoms with E-state index in [4.69, 9.17) is 4.74 Å². The predicted molar refractivity (Wildman–Crippen MR) is 74.6 cm³/mol. The number of hydrogen-bond donors (Lipinski definition) is 1. The van der Waals surface area contributed by atoms with Gasteiger partial charge >= 0.3 is 0 Å². The molecule has 0 aliphatic carbocycles. The van der Waals surface area contributed by atoms with Crippen LogP contribution in [0.3, 0.4) is 0 Å². The van der Waals surface area contributed by atoms with Gasteiger partial charge in [0.15, 0.2) is 0 Å². The molecule has 0 bridgehead atoms. The fraction of sp³-hybridized carbons (Fsp3) is 0.250. The maximum atomic E-state index is 13.5. The standard InChI is InChI=1S/C16H18FNO/c1-12(18-2)13-7-5-8-15(10-13)19-11-14-6-3-4-9-16(14)17/h3-10,12,18H,11H2,1-2H3. The smallest absolute Gasteiger partial charge is 0.129 e. The van der Waals surface area contributed by atoms with Gasteiger partial charge in [-0.15, -0.1) is 0 Å². The SMILES string of the molecule is CNC(C)c1cccc(OCc2ccccc2F)c1. The molecule has 0 amide bonds. The Balaban J connectivity index is 2.06. The van der Waals surface area contributed by atoms with E-state index < -0.39 is 0 Å². The Bertz CT molecular complexity index is 542. The van der Waals surface area contributed by atoms with Crippen LogP contribution < -0.4 is 10.1 Å². The third-order valence-corrected chi connectivity index (χ3v) is 3.14. The number of halogens is 1. The average Bonchev–Trinajstić information content (AvgIpc) is 2.46. The molecule has 2 aromatic carbocycles. The average molecular weight is 259 g/mol. The van der Waals surface area contributed by atoms with Gasteiger partial charge in [0.1, 0.15) is 18.2 Å². The van der Waals surface area contributed by atoms with Gasteiger partial charge < -0.3 is 10.1 Å². The van der Waals surface area contributed by atoms with Gasteiger partial charge in [-0.05, 0) is 37.7 Å². The van der Waals surface area contributed by atoms with Crippen LogP contribution in [-0.4, -0.2) is 7.05 Å². The van der Waals surface area contributed by atoms with Crippen LogP contribution >= 0.6 is 0 Å². The van der Waals surface area contributed by atoms with Gasteiger partial charge in [-0.25, -0.2) is 4.39 Å². The second kappa shape index (κ2) is 6.34. The summed E-state index contributed by atoms with van der Waals surface area (Å²) in [5.41, 5.74) is 1.71. The van der Waals surface area contributed by atoms with Crippen molar-refractivity contribution in [3.05, 3.63) is 65.5 Å². The fourth-order valence-electron chi connectivity index (χ4n) is 1.82. The minimum atomic E-state index is -0.234. The molecule has 2 rings (SSSR count). The lowest BCUT2D eigenvalue weighted by molar-refractivity contribution is 0.299. The largest absolute Gasteiger partial charge is 0.489 e. The highest BCUT2D eigenvalue weighted by Gasteiger charge is 2.05. The second-order valence-corrected chi connectivity index (χ2v) is 4.46. The summed E-state index contributed by atoms with van der Waals surface area (Å²) < 4.78 is 19.1. The maximum Gasteiger partial charge on any atom is 0.129 e. The van der Waals surface area contributed by atoms with Crippen LogP contribution in [0.2, 0.25) is 0 Å². The Kier molecular flexibility index (Phi) is 4.53. The zero-order valence-electron chi connectivity index (χ0n) is 11.2. The quantitative estimate of drug-likeness (QED) is 0.884. The first-order chi connectivity index (χ1) is 9.20. The minimum absolute atomic E-state index is 0.234. The highest BCUT2D eigenvalue weighted by atomic mass is 19.1. The molecule has 0 aliphatic heterocycles. The van der Waals surface area contributed by atoms with Gasteiger partial charge in [-0.1, -0.05) is 30.3 Å². The van der Waals surface area contributed by atoms with Crippen molar-refractivity contribution in [3.63, 3.8) is 0 Å². The molecule has 0 heterocycles. The second-order valence-electron chi connectivity index (χ2n) is 4.46. The van der Waals surface area contributed by atoms with Crippen molar-refractivity contribution < 1.29 is 9.13 Å². The molecule has 0 radical (unpaired) electrons. The highest BCUT2D eigenvalue weighted by molar-refractivity contribution is 5.30. The molecular weight excluding hydrogens is 241 g/mol. The van der Waals surface area contributed by atoms with Crippen LogP contribution in [0.4, 0.5) is 4.39 Å². The van der Waals surface area contributed by atoms with Crippen molar-refractivity contribution in [3.8, 4) is 5.75 Å². The first-order valence-corrected chi connectivity index (χ1v) is 6.34. The number of hydrogen-bond acceptors (Lipinski definition) is 2. The number of nitrogens with one attached hydrogen (secondary N) is 1. The van der Waals surface area contributed by atoms with Gasteiger partial charge in [0.2, 0.25) is 0 Å². The third kappa shape index (κ3) is 3.55. The molecule has 2 aromatic rings. The number of rotatable bonds is 5. The van der Waals surface area contributed by atoms with Crippen LogP contribution in [0.25, 0.3) is 0 Å². The molecule has 1 unspecified atom stereocenters. The van der Waals surface area contributed by atoms with Crippen LogP contribution in [-0.2, 0) is 6.61 Å². The van der Waals surface area contributed by atoms with Crippen molar-refractivity contribution in [2.75, 3.05) is 7.05 Å². The molecule has 100 valence electrons. The first-order valence-electron chi connectivity index (χ1n) is 6.34. The van der Waals surface area contributed by atoms with Gasteiger partial charge in [-0.2, -0.15) is 0 Å². The molecule has 0 saturated carbocycles. The molecule has 1 atom stereocenters. The normalized spacial score (nSPS) is 12.2. The van der Waals surface area contributed by atoms with E-state index in [0.717, 1.165) is 11.3 Å². The zero-order valence-corrected chi connectivity index (χ0v) is 11.2. The molecule has 2 nitrogen and oxygen atoms in total. The maximum absolute atomic E-state index is 13.5. The van der Waals surface area contributed by atoms with E-state index in [1.54, 1.807) is 18.2 Å². The van der Waals surface area contributed by atoms with E-state index in [2.05, 4.69) is 12.2 Å². The van der Waals surface area contributed by atoms with Crippen molar-refractivity contribution in [2.45, 2.75) is 19.6 Å². The topological polar surface area (TPSA) is 21.3 Å². The number of benzene rings is 2. The van der Waals surface area contributed by atoms with E-state index in [0.29, 0.717) is 5.56 Å². The molecule has 3 heteroatoms. The Hall–Kier alpha value is -1.87. The summed E-state index contributed by atoms with van der Waals surface area (Å²) in [5, 5.41) is 3.18. The summed E-state index contributed by atoms with van der Waals surface area (Å²) in [6, 6.07) is 14.8. The summed E-state index contributed by atoms with van der Waals surface area (Å²) in [7, 11) is 1.91. The van der Waals surface area contributed by atoms with Crippen LogP contribution in [0, 0.1) is 5.82 Å². The molecule has 0 aliphatic rings. The van der Waals surface area contributed by atoms with Crippen molar-refractivity contribution >= 4 is 0 Å².